The molecule has 0 radical (unpaired) electrons. The standard InChI is InChI=1S/C19H16F3NO3/c20-14-9-13(10-15(21)17(14)22)11-4-6-12(7-5-11)18(24)23-8-2-1-3-16(23)19(25)26/h4-7,9-10,16H,1-3,8H2,(H,25,26). The average molecular weight is 363 g/mol. The second-order valence-electron chi connectivity index (χ2n) is 6.18. The second-order valence-corrected chi connectivity index (χ2v) is 6.18. The summed E-state index contributed by atoms with van der Waals surface area (Å²) in [5, 5.41) is 9.28. The Balaban J connectivity index is 1.85. The van der Waals surface area contributed by atoms with Gasteiger partial charge in [0, 0.05) is 12.1 Å². The number of amides is 1. The molecule has 1 saturated heterocycles. The van der Waals surface area contributed by atoms with Crippen LogP contribution in [0.5, 0.6) is 0 Å². The van der Waals surface area contributed by atoms with Crippen molar-refractivity contribution in [2.24, 2.45) is 0 Å². The Bertz CT molecular complexity index is 829. The molecule has 26 heavy (non-hydrogen) atoms. The number of hydrogen-bond donors (Lipinski definition) is 1. The first-order valence-corrected chi connectivity index (χ1v) is 8.17. The number of aliphatic carboxylic acids is 1. The van der Waals surface area contributed by atoms with Gasteiger partial charge in [-0.1, -0.05) is 12.1 Å². The van der Waals surface area contributed by atoms with Gasteiger partial charge in [0.2, 0.25) is 0 Å². The number of carboxylic acid groups (broad SMARTS) is 1. The molecular formula is C19H16F3NO3. The molecule has 1 atom stereocenters. The Kier molecular flexibility index (Phi) is 4.97. The zero-order valence-corrected chi connectivity index (χ0v) is 13.7. The van der Waals surface area contributed by atoms with E-state index in [0.29, 0.717) is 18.5 Å². The van der Waals surface area contributed by atoms with E-state index in [4.69, 9.17) is 0 Å². The van der Waals surface area contributed by atoms with Gasteiger partial charge in [0.25, 0.3) is 5.91 Å². The van der Waals surface area contributed by atoms with Crippen LogP contribution >= 0.6 is 0 Å². The summed E-state index contributed by atoms with van der Waals surface area (Å²) in [6, 6.07) is 6.80. The molecule has 1 unspecified atom stereocenters. The number of rotatable bonds is 3. The van der Waals surface area contributed by atoms with Crippen molar-refractivity contribution < 1.29 is 27.9 Å². The van der Waals surface area contributed by atoms with E-state index in [2.05, 4.69) is 0 Å². The number of benzene rings is 2. The van der Waals surface area contributed by atoms with Crippen LogP contribution in [0.4, 0.5) is 13.2 Å². The van der Waals surface area contributed by atoms with Gasteiger partial charge in [0.15, 0.2) is 17.5 Å². The van der Waals surface area contributed by atoms with E-state index >= 15 is 0 Å². The zero-order valence-electron chi connectivity index (χ0n) is 13.7. The Morgan fingerprint density at radius 3 is 2.15 bits per heavy atom. The summed E-state index contributed by atoms with van der Waals surface area (Å²) in [5.74, 6) is -5.56. The molecule has 0 aliphatic carbocycles. The minimum atomic E-state index is -1.54. The number of carbonyl (C=O) groups is 2. The van der Waals surface area contributed by atoms with Crippen molar-refractivity contribution in [3.63, 3.8) is 0 Å². The third-order valence-electron chi connectivity index (χ3n) is 4.50. The van der Waals surface area contributed by atoms with Crippen LogP contribution in [0.1, 0.15) is 29.6 Å². The van der Waals surface area contributed by atoms with Crippen LogP contribution in [0.15, 0.2) is 36.4 Å². The molecule has 0 saturated carbocycles. The van der Waals surface area contributed by atoms with E-state index in [1.54, 1.807) is 0 Å². The van der Waals surface area contributed by atoms with Crippen molar-refractivity contribution >= 4 is 11.9 Å². The quantitative estimate of drug-likeness (QED) is 0.843. The predicted octanol–water partition coefficient (Wildman–Crippen LogP) is 3.85. The topological polar surface area (TPSA) is 57.6 Å². The first-order valence-electron chi connectivity index (χ1n) is 8.17. The fraction of sp³-hybridized carbons (Fsp3) is 0.263. The molecule has 1 aliphatic heterocycles. The Labute approximate surface area is 147 Å². The normalized spacial score (nSPS) is 17.2. The first-order chi connectivity index (χ1) is 12.4. The van der Waals surface area contributed by atoms with Gasteiger partial charge in [-0.2, -0.15) is 0 Å². The summed E-state index contributed by atoms with van der Waals surface area (Å²) in [5.41, 5.74) is 0.833. The van der Waals surface area contributed by atoms with Crippen LogP contribution < -0.4 is 0 Å². The van der Waals surface area contributed by atoms with Gasteiger partial charge in [-0.25, -0.2) is 18.0 Å². The molecule has 0 aromatic heterocycles. The van der Waals surface area contributed by atoms with Crippen LogP contribution in [0.25, 0.3) is 11.1 Å². The highest BCUT2D eigenvalue weighted by atomic mass is 19.2. The van der Waals surface area contributed by atoms with E-state index in [1.807, 2.05) is 0 Å². The fourth-order valence-electron chi connectivity index (χ4n) is 3.12. The minimum absolute atomic E-state index is 0.141. The molecule has 4 nitrogen and oxygen atoms in total. The first kappa shape index (κ1) is 18.0. The molecule has 1 heterocycles. The Morgan fingerprint density at radius 1 is 0.962 bits per heavy atom. The van der Waals surface area contributed by atoms with Crippen molar-refractivity contribution in [1.82, 2.24) is 4.90 Å². The molecule has 0 bridgehead atoms. The molecular weight excluding hydrogens is 347 g/mol. The summed E-state index contributed by atoms with van der Waals surface area (Å²) in [6.45, 7) is 0.367. The molecule has 136 valence electrons. The highest BCUT2D eigenvalue weighted by molar-refractivity contribution is 5.97. The molecule has 3 rings (SSSR count). The molecule has 2 aromatic rings. The van der Waals surface area contributed by atoms with Gasteiger partial charge in [0.05, 0.1) is 0 Å². The maximum Gasteiger partial charge on any atom is 0.326 e. The molecule has 7 heteroatoms. The van der Waals surface area contributed by atoms with Gasteiger partial charge in [-0.3, -0.25) is 4.79 Å². The summed E-state index contributed by atoms with van der Waals surface area (Å²) < 4.78 is 39.8. The van der Waals surface area contributed by atoms with Crippen molar-refractivity contribution in [3.8, 4) is 11.1 Å². The average Bonchev–Trinajstić information content (AvgIpc) is 2.65. The number of likely N-dealkylation sites (tertiary alicyclic amines) is 1. The lowest BCUT2D eigenvalue weighted by atomic mass is 9.99. The maximum atomic E-state index is 13.4. The summed E-state index contributed by atoms with van der Waals surface area (Å²) in [4.78, 5) is 25.3. The van der Waals surface area contributed by atoms with E-state index in [0.717, 1.165) is 25.0 Å². The Morgan fingerprint density at radius 2 is 1.58 bits per heavy atom. The third kappa shape index (κ3) is 3.42. The zero-order chi connectivity index (χ0) is 18.8. The van der Waals surface area contributed by atoms with Crippen LogP contribution in [0, 0.1) is 17.5 Å². The number of hydrogen-bond acceptors (Lipinski definition) is 2. The SMILES string of the molecule is O=C(O)C1CCCCN1C(=O)c1ccc(-c2cc(F)c(F)c(F)c2)cc1. The van der Waals surface area contributed by atoms with Gasteiger partial charge in [0.1, 0.15) is 6.04 Å². The number of carboxylic acids is 1. The fourth-order valence-corrected chi connectivity index (χ4v) is 3.12. The van der Waals surface area contributed by atoms with Crippen molar-refractivity contribution in [2.45, 2.75) is 25.3 Å². The van der Waals surface area contributed by atoms with Gasteiger partial charge in [-0.05, 0) is 54.7 Å². The van der Waals surface area contributed by atoms with Crippen LogP contribution in [-0.2, 0) is 4.79 Å². The van der Waals surface area contributed by atoms with Gasteiger partial charge >= 0.3 is 5.97 Å². The van der Waals surface area contributed by atoms with Crippen LogP contribution in [0.3, 0.4) is 0 Å². The van der Waals surface area contributed by atoms with Gasteiger partial charge < -0.3 is 10.0 Å². The lowest BCUT2D eigenvalue weighted by Crippen LogP contribution is -2.47. The molecule has 0 spiro atoms. The van der Waals surface area contributed by atoms with Crippen molar-refractivity contribution in [1.29, 1.82) is 0 Å². The number of carbonyl (C=O) groups excluding carboxylic acids is 1. The van der Waals surface area contributed by atoms with E-state index < -0.39 is 35.4 Å². The lowest BCUT2D eigenvalue weighted by Gasteiger charge is -2.33. The second kappa shape index (κ2) is 7.19. The Hall–Kier alpha value is -2.83. The molecule has 1 N–H and O–H groups in total. The molecule has 2 aromatic carbocycles. The monoisotopic (exact) mass is 363 g/mol. The van der Waals surface area contributed by atoms with Crippen LogP contribution in [0.2, 0.25) is 0 Å². The predicted molar refractivity (Wildman–Crippen MR) is 88.1 cm³/mol. The summed E-state index contributed by atoms with van der Waals surface area (Å²) in [7, 11) is 0. The van der Waals surface area contributed by atoms with Crippen molar-refractivity contribution in [2.75, 3.05) is 6.54 Å². The minimum Gasteiger partial charge on any atom is -0.480 e. The van der Waals surface area contributed by atoms with Crippen molar-refractivity contribution in [3.05, 3.63) is 59.4 Å². The molecule has 1 amide bonds. The summed E-state index contributed by atoms with van der Waals surface area (Å²) in [6.07, 6.45) is 1.90. The largest absolute Gasteiger partial charge is 0.480 e. The lowest BCUT2D eigenvalue weighted by molar-refractivity contribution is -0.143. The van der Waals surface area contributed by atoms with Gasteiger partial charge in [-0.15, -0.1) is 0 Å². The summed E-state index contributed by atoms with van der Waals surface area (Å²) >= 11 is 0. The van der Waals surface area contributed by atoms with E-state index in [1.165, 1.54) is 29.2 Å². The number of nitrogens with zero attached hydrogens (tertiary/aromatic N) is 1. The van der Waals surface area contributed by atoms with E-state index in [9.17, 15) is 27.9 Å². The highest BCUT2D eigenvalue weighted by Gasteiger charge is 2.32. The van der Waals surface area contributed by atoms with E-state index in [-0.39, 0.29) is 11.1 Å². The molecule has 1 fully saturated rings. The highest BCUT2D eigenvalue weighted by Crippen LogP contribution is 2.25. The number of piperidine rings is 1. The third-order valence-corrected chi connectivity index (χ3v) is 4.50. The van der Waals surface area contributed by atoms with Crippen LogP contribution in [-0.4, -0.2) is 34.5 Å². The smallest absolute Gasteiger partial charge is 0.326 e. The molecule has 1 aliphatic rings. The maximum absolute atomic E-state index is 13.4. The number of halogens is 3.